The van der Waals surface area contributed by atoms with E-state index in [1.165, 1.54) is 6.07 Å². The lowest BCUT2D eigenvalue weighted by Gasteiger charge is -2.09. The Kier molecular flexibility index (Phi) is 3.45. The molecule has 0 saturated carbocycles. The summed E-state index contributed by atoms with van der Waals surface area (Å²) in [7, 11) is 0. The fraction of sp³-hybridized carbons (Fsp3) is 0.250. The van der Waals surface area contributed by atoms with Crippen molar-refractivity contribution in [3.05, 3.63) is 34.3 Å². The normalized spacial score (nSPS) is 11.8. The van der Waals surface area contributed by atoms with Crippen LogP contribution in [-0.4, -0.2) is 0 Å². The fourth-order valence-corrected chi connectivity index (χ4v) is 1.57. The maximum absolute atomic E-state index is 12.3. The molecule has 1 rings (SSSR count). The minimum absolute atomic E-state index is 0.249. The highest BCUT2D eigenvalue weighted by Crippen LogP contribution is 2.35. The molecule has 0 radical (unpaired) electrons. The fourth-order valence-electron chi connectivity index (χ4n) is 0.873. The highest BCUT2D eigenvalue weighted by Gasteiger charge is 2.33. The van der Waals surface area contributed by atoms with Gasteiger partial charge in [0.15, 0.2) is 0 Å². The first-order valence-corrected chi connectivity index (χ1v) is 5.27. The van der Waals surface area contributed by atoms with Crippen LogP contribution in [0.25, 0.3) is 0 Å². The molecule has 0 unspecified atom stereocenters. The van der Waals surface area contributed by atoms with Gasteiger partial charge in [-0.25, -0.2) is 0 Å². The average molecular weight is 320 g/mol. The highest BCUT2D eigenvalue weighted by molar-refractivity contribution is 14.1. The molecule has 0 N–H and O–H groups in total. The zero-order chi connectivity index (χ0) is 10.1. The summed E-state index contributed by atoms with van der Waals surface area (Å²) in [5, 5.41) is -0.249. The van der Waals surface area contributed by atoms with Crippen molar-refractivity contribution in [2.75, 3.05) is 0 Å². The number of alkyl halides is 4. The molecule has 0 aromatic heterocycles. The van der Waals surface area contributed by atoms with Crippen molar-refractivity contribution in [1.82, 2.24) is 0 Å². The van der Waals surface area contributed by atoms with Crippen LogP contribution in [0.15, 0.2) is 18.2 Å². The van der Waals surface area contributed by atoms with E-state index in [2.05, 4.69) is 0 Å². The Labute approximate surface area is 92.2 Å². The van der Waals surface area contributed by atoms with Crippen LogP contribution in [0.4, 0.5) is 13.2 Å². The summed E-state index contributed by atoms with van der Waals surface area (Å²) >= 11 is 7.41. The molecule has 1 aromatic carbocycles. The first-order chi connectivity index (χ1) is 5.95. The van der Waals surface area contributed by atoms with E-state index in [-0.39, 0.29) is 5.02 Å². The van der Waals surface area contributed by atoms with Gasteiger partial charge in [-0.05, 0) is 17.7 Å². The summed E-state index contributed by atoms with van der Waals surface area (Å²) < 4.78 is 37.4. The van der Waals surface area contributed by atoms with Gasteiger partial charge < -0.3 is 0 Å². The predicted molar refractivity (Wildman–Crippen MR) is 54.2 cm³/mol. The van der Waals surface area contributed by atoms with Crippen molar-refractivity contribution in [3.63, 3.8) is 0 Å². The van der Waals surface area contributed by atoms with Gasteiger partial charge in [-0.15, -0.1) is 0 Å². The Hall–Kier alpha value is 0.0300. The molecule has 13 heavy (non-hydrogen) atoms. The average Bonchev–Trinajstić information content (AvgIpc) is 2.03. The van der Waals surface area contributed by atoms with Crippen LogP contribution < -0.4 is 0 Å². The van der Waals surface area contributed by atoms with Crippen LogP contribution in [0.1, 0.15) is 11.1 Å². The van der Waals surface area contributed by atoms with Gasteiger partial charge in [0.2, 0.25) is 0 Å². The van der Waals surface area contributed by atoms with Crippen LogP contribution in [0, 0.1) is 0 Å². The second kappa shape index (κ2) is 4.04. The van der Waals surface area contributed by atoms with Gasteiger partial charge in [-0.2, -0.15) is 13.2 Å². The van der Waals surface area contributed by atoms with Crippen molar-refractivity contribution < 1.29 is 13.2 Å². The second-order valence-corrected chi connectivity index (χ2v) is 3.62. The molecule has 0 spiro atoms. The molecule has 0 bridgehead atoms. The molecule has 0 saturated heterocycles. The molecule has 5 heteroatoms. The topological polar surface area (TPSA) is 0 Å². The molecule has 0 aliphatic carbocycles. The largest absolute Gasteiger partial charge is 0.417 e. The number of rotatable bonds is 1. The van der Waals surface area contributed by atoms with E-state index < -0.39 is 11.7 Å². The number of benzene rings is 1. The Morgan fingerprint density at radius 2 is 1.92 bits per heavy atom. The monoisotopic (exact) mass is 320 g/mol. The molecule has 0 aliphatic heterocycles. The van der Waals surface area contributed by atoms with Gasteiger partial charge in [0.05, 0.1) is 10.6 Å². The second-order valence-electron chi connectivity index (χ2n) is 2.45. The Morgan fingerprint density at radius 1 is 1.31 bits per heavy atom. The zero-order valence-corrected chi connectivity index (χ0v) is 9.24. The van der Waals surface area contributed by atoms with E-state index in [1.807, 2.05) is 22.6 Å². The summed E-state index contributed by atoms with van der Waals surface area (Å²) in [6.07, 6.45) is -4.36. The van der Waals surface area contributed by atoms with E-state index >= 15 is 0 Å². The molecule has 0 nitrogen and oxygen atoms in total. The Bertz CT molecular complexity index is 309. The van der Waals surface area contributed by atoms with E-state index in [0.29, 0.717) is 9.99 Å². The van der Waals surface area contributed by atoms with Crippen LogP contribution in [0.3, 0.4) is 0 Å². The lowest BCUT2D eigenvalue weighted by molar-refractivity contribution is -0.137. The summed E-state index contributed by atoms with van der Waals surface area (Å²) in [6, 6.07) is 3.94. The molecule has 0 amide bonds. The van der Waals surface area contributed by atoms with Gasteiger partial charge >= 0.3 is 6.18 Å². The van der Waals surface area contributed by atoms with E-state index in [1.54, 1.807) is 6.07 Å². The summed E-state index contributed by atoms with van der Waals surface area (Å²) in [4.78, 5) is 0. The van der Waals surface area contributed by atoms with Crippen LogP contribution in [0.2, 0.25) is 5.02 Å². The Morgan fingerprint density at radius 3 is 2.38 bits per heavy atom. The molecule has 0 aliphatic rings. The molecule has 0 atom stereocenters. The van der Waals surface area contributed by atoms with Crippen LogP contribution in [0.5, 0.6) is 0 Å². The van der Waals surface area contributed by atoms with Gasteiger partial charge in [0.25, 0.3) is 0 Å². The first-order valence-electron chi connectivity index (χ1n) is 3.36. The maximum Gasteiger partial charge on any atom is 0.417 e. The third-order valence-electron chi connectivity index (χ3n) is 1.49. The van der Waals surface area contributed by atoms with Crippen molar-refractivity contribution in [3.8, 4) is 0 Å². The standard InChI is InChI=1S/C8H5ClF3I/c9-7-2-1-5(4-13)3-6(7)8(10,11)12/h1-3H,4H2. The molecule has 1 aromatic rings. The number of halogens is 5. The summed E-state index contributed by atoms with van der Waals surface area (Å²) in [5.41, 5.74) is -0.138. The third kappa shape index (κ3) is 2.74. The lowest BCUT2D eigenvalue weighted by atomic mass is 10.1. The molecular weight excluding hydrogens is 315 g/mol. The molecular formula is C8H5ClF3I. The van der Waals surface area contributed by atoms with Crippen LogP contribution in [-0.2, 0) is 10.6 Å². The predicted octanol–water partition coefficient (Wildman–Crippen LogP) is 4.29. The molecule has 0 heterocycles. The number of hydrogen-bond donors (Lipinski definition) is 0. The highest BCUT2D eigenvalue weighted by atomic mass is 127. The van der Waals surface area contributed by atoms with Gasteiger partial charge in [-0.1, -0.05) is 40.3 Å². The van der Waals surface area contributed by atoms with Crippen LogP contribution >= 0.6 is 34.2 Å². The van der Waals surface area contributed by atoms with E-state index in [4.69, 9.17) is 11.6 Å². The van der Waals surface area contributed by atoms with Gasteiger partial charge in [-0.3, -0.25) is 0 Å². The SMILES string of the molecule is FC(F)(F)c1cc(CI)ccc1Cl. The van der Waals surface area contributed by atoms with E-state index in [0.717, 1.165) is 6.07 Å². The van der Waals surface area contributed by atoms with Crippen molar-refractivity contribution in [2.24, 2.45) is 0 Å². The van der Waals surface area contributed by atoms with Crippen molar-refractivity contribution in [1.29, 1.82) is 0 Å². The minimum atomic E-state index is -4.36. The van der Waals surface area contributed by atoms with Gasteiger partial charge in [0.1, 0.15) is 0 Å². The molecule has 0 fully saturated rings. The quantitative estimate of drug-likeness (QED) is 0.535. The summed E-state index contributed by atoms with van der Waals surface area (Å²) in [6.45, 7) is 0. The van der Waals surface area contributed by atoms with Gasteiger partial charge in [0, 0.05) is 4.43 Å². The zero-order valence-electron chi connectivity index (χ0n) is 6.33. The maximum atomic E-state index is 12.3. The summed E-state index contributed by atoms with van der Waals surface area (Å²) in [5.74, 6) is 0. The van der Waals surface area contributed by atoms with Crippen molar-refractivity contribution in [2.45, 2.75) is 10.6 Å². The number of hydrogen-bond acceptors (Lipinski definition) is 0. The first kappa shape index (κ1) is 11.1. The van der Waals surface area contributed by atoms with Crippen molar-refractivity contribution >= 4 is 34.2 Å². The Balaban J connectivity index is 3.19. The lowest BCUT2D eigenvalue weighted by Crippen LogP contribution is -2.06. The third-order valence-corrected chi connectivity index (χ3v) is 2.70. The minimum Gasteiger partial charge on any atom is -0.166 e. The molecule has 72 valence electrons. The smallest absolute Gasteiger partial charge is 0.166 e. The van der Waals surface area contributed by atoms with E-state index in [9.17, 15) is 13.2 Å².